The molecule has 1 saturated carbocycles. The number of benzene rings is 1. The molecule has 5 nitrogen and oxygen atoms in total. The molecule has 1 fully saturated rings. The first kappa shape index (κ1) is 21.8. The Morgan fingerprint density at radius 2 is 2.00 bits per heavy atom. The van der Waals surface area contributed by atoms with Gasteiger partial charge in [0.15, 0.2) is 6.61 Å². The number of halogens is 1. The van der Waals surface area contributed by atoms with Crippen molar-refractivity contribution in [2.75, 3.05) is 6.61 Å². The molecule has 0 bridgehead atoms. The number of pyridine rings is 1. The molecule has 0 unspecified atom stereocenters. The number of nitrogens with zero attached hydrogens (tertiary/aromatic N) is 1. The lowest BCUT2D eigenvalue weighted by Gasteiger charge is -2.34. The zero-order valence-corrected chi connectivity index (χ0v) is 19.1. The van der Waals surface area contributed by atoms with Crippen LogP contribution in [0.2, 0.25) is 4.34 Å². The van der Waals surface area contributed by atoms with E-state index in [1.54, 1.807) is 12.1 Å². The van der Waals surface area contributed by atoms with E-state index in [1.807, 2.05) is 30.3 Å². The van der Waals surface area contributed by atoms with E-state index >= 15 is 0 Å². The molecule has 7 heteroatoms. The van der Waals surface area contributed by atoms with Gasteiger partial charge in [0.25, 0.3) is 5.91 Å². The maximum Gasteiger partial charge on any atom is 0.339 e. The maximum atomic E-state index is 12.9. The van der Waals surface area contributed by atoms with E-state index in [4.69, 9.17) is 16.3 Å². The van der Waals surface area contributed by atoms with Crippen molar-refractivity contribution in [2.24, 2.45) is 11.8 Å². The molecule has 0 aliphatic heterocycles. The number of rotatable bonds is 5. The summed E-state index contributed by atoms with van der Waals surface area (Å²) >= 11 is 7.46. The quantitative estimate of drug-likeness (QED) is 0.499. The third kappa shape index (κ3) is 4.91. The topological polar surface area (TPSA) is 68.3 Å². The highest BCUT2D eigenvalue weighted by atomic mass is 35.5. The van der Waals surface area contributed by atoms with Gasteiger partial charge in [0.1, 0.15) is 0 Å². The minimum atomic E-state index is -0.539. The summed E-state index contributed by atoms with van der Waals surface area (Å²) in [5.41, 5.74) is 1.72. The van der Waals surface area contributed by atoms with Gasteiger partial charge in [-0.1, -0.05) is 56.5 Å². The van der Waals surface area contributed by atoms with Crippen molar-refractivity contribution in [3.8, 4) is 10.6 Å². The first-order chi connectivity index (χ1) is 14.9. The van der Waals surface area contributed by atoms with E-state index in [9.17, 15) is 9.59 Å². The lowest BCUT2D eigenvalue weighted by atomic mass is 9.78. The Morgan fingerprint density at radius 1 is 1.19 bits per heavy atom. The SMILES string of the molecule is C[C@@H]1[C@H](C)CCC[C@H]1NC(=O)COC(=O)c1cc(-c2ccc(Cl)s2)nc2ccccc12. The van der Waals surface area contributed by atoms with Gasteiger partial charge in [-0.3, -0.25) is 4.79 Å². The minimum Gasteiger partial charge on any atom is -0.452 e. The van der Waals surface area contributed by atoms with Crippen LogP contribution < -0.4 is 5.32 Å². The van der Waals surface area contributed by atoms with Crippen molar-refractivity contribution in [3.05, 3.63) is 52.4 Å². The van der Waals surface area contributed by atoms with Gasteiger partial charge in [-0.05, 0) is 42.5 Å². The Morgan fingerprint density at radius 3 is 2.77 bits per heavy atom. The van der Waals surface area contributed by atoms with Crippen LogP contribution in [-0.4, -0.2) is 29.5 Å². The highest BCUT2D eigenvalue weighted by Gasteiger charge is 2.28. The zero-order valence-electron chi connectivity index (χ0n) is 17.6. The molecule has 2 aromatic heterocycles. The smallest absolute Gasteiger partial charge is 0.339 e. The Balaban J connectivity index is 1.50. The fourth-order valence-electron chi connectivity index (χ4n) is 4.17. The summed E-state index contributed by atoms with van der Waals surface area (Å²) in [7, 11) is 0. The van der Waals surface area contributed by atoms with Crippen molar-refractivity contribution < 1.29 is 14.3 Å². The van der Waals surface area contributed by atoms with Gasteiger partial charge in [0, 0.05) is 11.4 Å². The maximum absolute atomic E-state index is 12.9. The Hall–Kier alpha value is -2.44. The van der Waals surface area contributed by atoms with Crippen LogP contribution in [0.4, 0.5) is 0 Å². The summed E-state index contributed by atoms with van der Waals surface area (Å²) in [5.74, 6) is 0.192. The molecule has 1 aromatic carbocycles. The summed E-state index contributed by atoms with van der Waals surface area (Å²) in [5, 5.41) is 3.73. The van der Waals surface area contributed by atoms with Gasteiger partial charge >= 0.3 is 5.97 Å². The van der Waals surface area contributed by atoms with Crippen LogP contribution >= 0.6 is 22.9 Å². The molecule has 0 radical (unpaired) electrons. The number of carbonyl (C=O) groups is 2. The van der Waals surface area contributed by atoms with Crippen LogP contribution in [0.15, 0.2) is 42.5 Å². The third-order valence-electron chi connectivity index (χ3n) is 6.15. The van der Waals surface area contributed by atoms with Gasteiger partial charge in [0.05, 0.1) is 26.0 Å². The van der Waals surface area contributed by atoms with Crippen molar-refractivity contribution in [2.45, 2.75) is 39.2 Å². The fraction of sp³-hybridized carbons (Fsp3) is 0.375. The summed E-state index contributed by atoms with van der Waals surface area (Å²) < 4.78 is 6.05. The van der Waals surface area contributed by atoms with Crippen molar-refractivity contribution in [1.29, 1.82) is 0 Å². The normalized spacial score (nSPS) is 21.1. The number of nitrogens with one attached hydrogen (secondary N) is 1. The Bertz CT molecular complexity index is 1110. The lowest BCUT2D eigenvalue weighted by molar-refractivity contribution is -0.125. The molecule has 0 saturated heterocycles. The predicted molar refractivity (Wildman–Crippen MR) is 124 cm³/mol. The van der Waals surface area contributed by atoms with Crippen molar-refractivity contribution in [1.82, 2.24) is 10.3 Å². The average molecular weight is 457 g/mol. The monoisotopic (exact) mass is 456 g/mol. The number of fused-ring (bicyclic) bond motifs is 1. The first-order valence-electron chi connectivity index (χ1n) is 10.5. The van der Waals surface area contributed by atoms with Crippen LogP contribution in [0, 0.1) is 11.8 Å². The van der Waals surface area contributed by atoms with E-state index in [0.29, 0.717) is 38.3 Å². The van der Waals surface area contributed by atoms with Gasteiger partial charge < -0.3 is 10.1 Å². The Labute approximate surface area is 190 Å². The van der Waals surface area contributed by atoms with Gasteiger partial charge in [-0.15, -0.1) is 11.3 Å². The molecule has 4 rings (SSSR count). The van der Waals surface area contributed by atoms with Crippen LogP contribution in [0.25, 0.3) is 21.5 Å². The van der Waals surface area contributed by atoms with Gasteiger partial charge in [-0.2, -0.15) is 0 Å². The van der Waals surface area contributed by atoms with Crippen LogP contribution in [0.1, 0.15) is 43.5 Å². The van der Waals surface area contributed by atoms with E-state index in [2.05, 4.69) is 24.1 Å². The number of ether oxygens (including phenoxy) is 1. The first-order valence-corrected chi connectivity index (χ1v) is 11.7. The molecule has 162 valence electrons. The molecule has 3 aromatic rings. The average Bonchev–Trinajstić information content (AvgIpc) is 3.21. The molecule has 3 atom stereocenters. The second-order valence-corrected chi connectivity index (χ2v) is 9.91. The largest absolute Gasteiger partial charge is 0.452 e. The molecule has 1 aliphatic rings. The van der Waals surface area contributed by atoms with Gasteiger partial charge in [0.2, 0.25) is 0 Å². The van der Waals surface area contributed by atoms with E-state index < -0.39 is 5.97 Å². The van der Waals surface area contributed by atoms with Crippen LogP contribution in [0.3, 0.4) is 0 Å². The second kappa shape index (κ2) is 9.37. The molecule has 1 aliphatic carbocycles. The van der Waals surface area contributed by atoms with Crippen molar-refractivity contribution in [3.63, 3.8) is 0 Å². The third-order valence-corrected chi connectivity index (χ3v) is 7.40. The molecule has 2 heterocycles. The molecule has 1 N–H and O–H groups in total. The van der Waals surface area contributed by atoms with E-state index in [1.165, 1.54) is 17.8 Å². The molecule has 1 amide bonds. The predicted octanol–water partition coefficient (Wildman–Crippen LogP) is 5.71. The van der Waals surface area contributed by atoms with Gasteiger partial charge in [-0.25, -0.2) is 9.78 Å². The molecular weight excluding hydrogens is 432 g/mol. The highest BCUT2D eigenvalue weighted by molar-refractivity contribution is 7.19. The van der Waals surface area contributed by atoms with E-state index in [0.717, 1.165) is 17.7 Å². The fourth-order valence-corrected chi connectivity index (χ4v) is 5.17. The summed E-state index contributed by atoms with van der Waals surface area (Å²) in [4.78, 5) is 30.9. The highest BCUT2D eigenvalue weighted by Crippen LogP contribution is 2.32. The number of para-hydroxylation sites is 1. The van der Waals surface area contributed by atoms with Crippen LogP contribution in [-0.2, 0) is 9.53 Å². The Kier molecular flexibility index (Phi) is 6.58. The minimum absolute atomic E-state index is 0.131. The molecule has 0 spiro atoms. The number of carbonyl (C=O) groups excluding carboxylic acids is 2. The van der Waals surface area contributed by atoms with E-state index in [-0.39, 0.29) is 18.6 Å². The summed E-state index contributed by atoms with van der Waals surface area (Å²) in [6, 6.07) is 12.9. The standard InChI is InChI=1S/C24H25ClN2O3S/c1-14-6-5-9-18(15(14)2)27-23(28)13-30-24(29)17-12-20(21-10-11-22(25)31-21)26-19-8-4-3-7-16(17)19/h3-4,7-8,10-12,14-15,18H,5-6,9,13H2,1-2H3,(H,27,28)/t14-,15-,18-/m1/s1. The number of amides is 1. The number of hydrogen-bond acceptors (Lipinski definition) is 5. The molecule has 31 heavy (non-hydrogen) atoms. The zero-order chi connectivity index (χ0) is 22.0. The number of hydrogen-bond donors (Lipinski definition) is 1. The summed E-state index contributed by atoms with van der Waals surface area (Å²) in [6.45, 7) is 4.09. The number of esters is 1. The number of thiophene rings is 1. The van der Waals surface area contributed by atoms with Crippen LogP contribution in [0.5, 0.6) is 0 Å². The summed E-state index contributed by atoms with van der Waals surface area (Å²) in [6.07, 6.45) is 3.26. The molecular formula is C24H25ClN2O3S. The number of aromatic nitrogens is 1. The second-order valence-electron chi connectivity index (χ2n) is 8.19. The van der Waals surface area contributed by atoms with Crippen molar-refractivity contribution >= 4 is 45.7 Å². The lowest BCUT2D eigenvalue weighted by Crippen LogP contribution is -2.45.